The molecule has 0 amide bonds. The van der Waals surface area contributed by atoms with Crippen LogP contribution in [-0.2, 0) is 6.54 Å². The number of hydrogen-bond acceptors (Lipinski definition) is 4. The van der Waals surface area contributed by atoms with Crippen molar-refractivity contribution < 1.29 is 10.0 Å². The number of aliphatic hydroxyl groups is 1. The molecule has 1 unspecified atom stereocenters. The zero-order valence-electron chi connectivity index (χ0n) is 11.2. The Morgan fingerprint density at radius 3 is 2.79 bits per heavy atom. The van der Waals surface area contributed by atoms with Crippen LogP contribution in [0.1, 0.15) is 20.8 Å². The minimum absolute atomic E-state index is 0.0263. The summed E-state index contributed by atoms with van der Waals surface area (Å²) < 4.78 is 1.61. The fraction of sp³-hybridized carbons (Fsp3) is 0.462. The molecule has 1 aromatic carbocycles. The molecule has 1 heterocycles. The Bertz CT molecular complexity index is 617. The van der Waals surface area contributed by atoms with Gasteiger partial charge in [-0.1, -0.05) is 13.8 Å². The van der Waals surface area contributed by atoms with E-state index in [-0.39, 0.29) is 11.6 Å². The van der Waals surface area contributed by atoms with Crippen LogP contribution in [0.15, 0.2) is 24.4 Å². The third-order valence-corrected chi connectivity index (χ3v) is 3.55. The molecular formula is C13H17N3O3. The maximum absolute atomic E-state index is 10.8. The number of nitrogens with zero attached hydrogens (tertiary/aromatic N) is 3. The van der Waals surface area contributed by atoms with Gasteiger partial charge in [0, 0.05) is 17.5 Å². The molecule has 1 N–H and O–H groups in total. The van der Waals surface area contributed by atoms with Crippen LogP contribution < -0.4 is 0 Å². The molecule has 1 atom stereocenters. The van der Waals surface area contributed by atoms with Gasteiger partial charge in [-0.15, -0.1) is 0 Å². The molecule has 6 nitrogen and oxygen atoms in total. The van der Waals surface area contributed by atoms with Crippen LogP contribution in [0.3, 0.4) is 0 Å². The summed E-state index contributed by atoms with van der Waals surface area (Å²) in [6.45, 7) is 5.89. The number of hydrogen-bond donors (Lipinski definition) is 1. The van der Waals surface area contributed by atoms with Gasteiger partial charge >= 0.3 is 0 Å². The second kappa shape index (κ2) is 4.62. The molecule has 0 saturated carbocycles. The van der Waals surface area contributed by atoms with Gasteiger partial charge in [-0.05, 0) is 18.9 Å². The Kier molecular flexibility index (Phi) is 3.28. The van der Waals surface area contributed by atoms with Gasteiger partial charge in [0.15, 0.2) is 0 Å². The Morgan fingerprint density at radius 1 is 1.53 bits per heavy atom. The maximum atomic E-state index is 10.8. The standard InChI is InChI=1S/C13H17N3O3/c1-9(2)13(3,17)8-15-12-6-11(16(18)19)5-4-10(12)7-14-15/h4-7,9,17H,8H2,1-3H3. The van der Waals surface area contributed by atoms with Gasteiger partial charge in [-0.25, -0.2) is 0 Å². The normalized spacial score (nSPS) is 14.8. The Labute approximate surface area is 110 Å². The topological polar surface area (TPSA) is 81.2 Å². The highest BCUT2D eigenvalue weighted by Gasteiger charge is 2.26. The fourth-order valence-electron chi connectivity index (χ4n) is 1.78. The fourth-order valence-corrected chi connectivity index (χ4v) is 1.78. The number of nitro groups is 1. The molecule has 19 heavy (non-hydrogen) atoms. The highest BCUT2D eigenvalue weighted by molar-refractivity contribution is 5.80. The van der Waals surface area contributed by atoms with Crippen molar-refractivity contribution >= 4 is 16.6 Å². The molecule has 0 aliphatic heterocycles. The lowest BCUT2D eigenvalue weighted by Crippen LogP contribution is -2.36. The van der Waals surface area contributed by atoms with Crippen LogP contribution in [0, 0.1) is 16.0 Å². The van der Waals surface area contributed by atoms with Gasteiger partial charge in [0.2, 0.25) is 0 Å². The van der Waals surface area contributed by atoms with E-state index in [0.29, 0.717) is 12.1 Å². The van der Waals surface area contributed by atoms with E-state index >= 15 is 0 Å². The summed E-state index contributed by atoms with van der Waals surface area (Å²) in [6, 6.07) is 4.61. The monoisotopic (exact) mass is 263 g/mol. The molecule has 0 aliphatic rings. The summed E-state index contributed by atoms with van der Waals surface area (Å²) in [5.41, 5.74) is -0.225. The van der Waals surface area contributed by atoms with E-state index in [2.05, 4.69) is 5.10 Å². The van der Waals surface area contributed by atoms with Crippen LogP contribution in [0.25, 0.3) is 10.9 Å². The van der Waals surface area contributed by atoms with E-state index < -0.39 is 10.5 Å². The van der Waals surface area contributed by atoms with E-state index in [1.165, 1.54) is 12.1 Å². The summed E-state index contributed by atoms with van der Waals surface area (Å²) in [4.78, 5) is 10.4. The molecule has 1 aromatic heterocycles. The van der Waals surface area contributed by atoms with E-state index in [1.54, 1.807) is 23.9 Å². The lowest BCUT2D eigenvalue weighted by atomic mass is 9.92. The smallest absolute Gasteiger partial charge is 0.271 e. The van der Waals surface area contributed by atoms with Gasteiger partial charge in [0.25, 0.3) is 5.69 Å². The van der Waals surface area contributed by atoms with Crippen molar-refractivity contribution in [3.63, 3.8) is 0 Å². The van der Waals surface area contributed by atoms with E-state index in [1.807, 2.05) is 13.8 Å². The van der Waals surface area contributed by atoms with Gasteiger partial charge < -0.3 is 5.11 Å². The van der Waals surface area contributed by atoms with Gasteiger partial charge in [0.05, 0.1) is 28.8 Å². The van der Waals surface area contributed by atoms with Crippen molar-refractivity contribution in [1.29, 1.82) is 0 Å². The van der Waals surface area contributed by atoms with Crippen LogP contribution in [-0.4, -0.2) is 25.4 Å². The second-order valence-corrected chi connectivity index (χ2v) is 5.31. The lowest BCUT2D eigenvalue weighted by Gasteiger charge is -2.27. The molecule has 0 aliphatic carbocycles. The number of nitro benzene ring substituents is 1. The maximum Gasteiger partial charge on any atom is 0.271 e. The predicted molar refractivity (Wildman–Crippen MR) is 71.8 cm³/mol. The van der Waals surface area contributed by atoms with Crippen molar-refractivity contribution in [1.82, 2.24) is 9.78 Å². The molecule has 0 saturated heterocycles. The molecule has 102 valence electrons. The second-order valence-electron chi connectivity index (χ2n) is 5.31. The number of non-ortho nitro benzene ring substituents is 1. The third kappa shape index (κ3) is 2.58. The first kappa shape index (κ1) is 13.5. The van der Waals surface area contributed by atoms with Gasteiger partial charge in [-0.3, -0.25) is 14.8 Å². The average Bonchev–Trinajstić information content (AvgIpc) is 2.71. The van der Waals surface area contributed by atoms with Crippen molar-refractivity contribution in [2.75, 3.05) is 0 Å². The molecule has 0 bridgehead atoms. The van der Waals surface area contributed by atoms with Crippen molar-refractivity contribution in [3.05, 3.63) is 34.5 Å². The molecule has 2 rings (SSSR count). The van der Waals surface area contributed by atoms with Crippen LogP contribution in [0.4, 0.5) is 5.69 Å². The van der Waals surface area contributed by atoms with E-state index in [9.17, 15) is 15.2 Å². The highest BCUT2D eigenvalue weighted by Crippen LogP contribution is 2.24. The molecular weight excluding hydrogens is 246 g/mol. The SMILES string of the molecule is CC(C)C(C)(O)Cn1ncc2ccc([N+](=O)[O-])cc21. The number of rotatable bonds is 4. The minimum atomic E-state index is -0.913. The summed E-state index contributed by atoms with van der Waals surface area (Å²) in [7, 11) is 0. The van der Waals surface area contributed by atoms with E-state index in [4.69, 9.17) is 0 Å². The number of fused-ring (bicyclic) bond motifs is 1. The lowest BCUT2D eigenvalue weighted by molar-refractivity contribution is -0.384. The number of aromatic nitrogens is 2. The van der Waals surface area contributed by atoms with Crippen molar-refractivity contribution in [2.45, 2.75) is 32.9 Å². The summed E-state index contributed by atoms with van der Waals surface area (Å²) in [5.74, 6) is 0.0606. The first-order chi connectivity index (χ1) is 8.81. The summed E-state index contributed by atoms with van der Waals surface area (Å²) in [6.07, 6.45) is 1.65. The third-order valence-electron chi connectivity index (χ3n) is 3.55. The zero-order chi connectivity index (χ0) is 14.2. The van der Waals surface area contributed by atoms with Gasteiger partial charge in [-0.2, -0.15) is 5.10 Å². The first-order valence-electron chi connectivity index (χ1n) is 6.13. The Balaban J connectivity index is 2.44. The number of benzene rings is 1. The molecule has 6 heteroatoms. The minimum Gasteiger partial charge on any atom is -0.388 e. The quantitative estimate of drug-likeness (QED) is 0.678. The van der Waals surface area contributed by atoms with Gasteiger partial charge in [0.1, 0.15) is 0 Å². The van der Waals surface area contributed by atoms with E-state index in [0.717, 1.165) is 5.39 Å². The molecule has 0 radical (unpaired) electrons. The largest absolute Gasteiger partial charge is 0.388 e. The van der Waals surface area contributed by atoms with Crippen LogP contribution in [0.5, 0.6) is 0 Å². The summed E-state index contributed by atoms with van der Waals surface area (Å²) >= 11 is 0. The Morgan fingerprint density at radius 2 is 2.21 bits per heavy atom. The molecule has 2 aromatic rings. The van der Waals surface area contributed by atoms with Crippen LogP contribution >= 0.6 is 0 Å². The first-order valence-corrected chi connectivity index (χ1v) is 6.13. The summed E-state index contributed by atoms with van der Waals surface area (Å²) in [5, 5.41) is 26.1. The zero-order valence-corrected chi connectivity index (χ0v) is 11.2. The van der Waals surface area contributed by atoms with Crippen molar-refractivity contribution in [3.8, 4) is 0 Å². The predicted octanol–water partition coefficient (Wildman–Crippen LogP) is 2.35. The van der Waals surface area contributed by atoms with Crippen LogP contribution in [0.2, 0.25) is 0 Å². The highest BCUT2D eigenvalue weighted by atomic mass is 16.6. The molecule has 0 spiro atoms. The average molecular weight is 263 g/mol. The Hall–Kier alpha value is -1.95. The molecule has 0 fully saturated rings. The van der Waals surface area contributed by atoms with Crippen molar-refractivity contribution in [2.24, 2.45) is 5.92 Å².